The predicted molar refractivity (Wildman–Crippen MR) is 24.8 cm³/mol. The van der Waals surface area contributed by atoms with E-state index in [2.05, 4.69) is 5.50 Å². The first-order valence-corrected chi connectivity index (χ1v) is 3.54. The molecule has 0 rings (SSSR count). The number of hydrogen-bond donors (Lipinski definition) is 4. The van der Waals surface area contributed by atoms with E-state index >= 15 is 0 Å². The summed E-state index contributed by atoms with van der Waals surface area (Å²) in [6.07, 6.45) is 0. The summed E-state index contributed by atoms with van der Waals surface area (Å²) in [4.78, 5) is 33.0. The molecule has 0 aromatic rings. The standard InChI is InChI=1S/H5N2O5P/c1-8(5,6,7)2(3)4/h5-7H,1H2. The molecule has 7 nitrogen and oxygen atoms in total. The van der Waals surface area contributed by atoms with Gasteiger partial charge in [0.15, 0.2) is 0 Å². The van der Waals surface area contributed by atoms with Gasteiger partial charge in [0, 0.05) is 0 Å². The minimum atomic E-state index is -5.96. The van der Waals surface area contributed by atoms with Gasteiger partial charge in [0.2, 0.25) is 0 Å². The maximum absolute atomic E-state index is 9.33. The SMILES string of the molecule is NP(O)(O)(O)[N+](=O)[O-]. The Morgan fingerprint density at radius 2 is 1.62 bits per heavy atom. The molecule has 0 aliphatic rings. The van der Waals surface area contributed by atoms with Crippen LogP contribution in [0.25, 0.3) is 0 Å². The molecule has 0 atom stereocenters. The van der Waals surface area contributed by atoms with E-state index in [4.69, 9.17) is 14.7 Å². The maximum atomic E-state index is 9.33. The fraction of sp³-hybridized carbons (Fsp3) is 0. The first kappa shape index (κ1) is 7.67. The first-order valence-electron chi connectivity index (χ1n) is 1.42. The Morgan fingerprint density at radius 1 is 1.50 bits per heavy atom. The van der Waals surface area contributed by atoms with Crippen LogP contribution in [0.2, 0.25) is 0 Å². The van der Waals surface area contributed by atoms with Crippen LogP contribution in [0.15, 0.2) is 0 Å². The van der Waals surface area contributed by atoms with Crippen molar-refractivity contribution < 1.29 is 19.4 Å². The van der Waals surface area contributed by atoms with E-state index in [1.54, 1.807) is 0 Å². The third-order valence-corrected chi connectivity index (χ3v) is 0.940. The molecule has 0 saturated heterocycles. The summed E-state index contributed by atoms with van der Waals surface area (Å²) in [6.45, 7) is 0. The second-order valence-electron chi connectivity index (χ2n) is 1.24. The quantitative estimate of drug-likeness (QED) is 0.197. The second-order valence-corrected chi connectivity index (χ2v) is 3.56. The molecule has 0 aromatic carbocycles. The van der Waals surface area contributed by atoms with Gasteiger partial charge in [-0.1, -0.05) is 0 Å². The van der Waals surface area contributed by atoms with Crippen molar-refractivity contribution in [3.05, 3.63) is 10.1 Å². The number of rotatable bonds is 1. The van der Waals surface area contributed by atoms with E-state index in [0.29, 0.717) is 0 Å². The molecule has 5 N–H and O–H groups in total. The van der Waals surface area contributed by atoms with Crippen molar-refractivity contribution >= 4 is 7.59 Å². The van der Waals surface area contributed by atoms with Crippen LogP contribution >= 0.6 is 7.59 Å². The van der Waals surface area contributed by atoms with Crippen LogP contribution in [0, 0.1) is 10.1 Å². The van der Waals surface area contributed by atoms with Gasteiger partial charge in [-0.25, -0.2) is 0 Å². The molecule has 0 aliphatic carbocycles. The van der Waals surface area contributed by atoms with E-state index in [-0.39, 0.29) is 0 Å². The molecule has 8 heavy (non-hydrogen) atoms. The van der Waals surface area contributed by atoms with E-state index in [1.165, 1.54) is 0 Å². The summed E-state index contributed by atoms with van der Waals surface area (Å²) in [5.74, 6) is 0. The first-order chi connectivity index (χ1) is 3.20. The van der Waals surface area contributed by atoms with E-state index in [1.807, 2.05) is 0 Å². The van der Waals surface area contributed by atoms with E-state index in [9.17, 15) is 10.1 Å². The molecule has 0 bridgehead atoms. The monoisotopic (exact) mass is 144 g/mol. The van der Waals surface area contributed by atoms with Crippen molar-refractivity contribution in [1.29, 1.82) is 0 Å². The van der Waals surface area contributed by atoms with Gasteiger partial charge < -0.3 is 0 Å². The number of nitrogens with zero attached hydrogens (tertiary/aromatic N) is 1. The molecule has 0 spiro atoms. The summed E-state index contributed by atoms with van der Waals surface area (Å²) >= 11 is 0. The normalized spacial score (nSPS) is 16.8. The Labute approximate surface area is 43.8 Å². The molecule has 0 aromatic heterocycles. The Balaban J connectivity index is 4.38. The van der Waals surface area contributed by atoms with Gasteiger partial charge in [-0.3, -0.25) is 0 Å². The third-order valence-electron chi connectivity index (χ3n) is 0.313. The Morgan fingerprint density at radius 3 is 1.62 bits per heavy atom. The molecule has 0 fully saturated rings. The molecule has 50 valence electrons. The Kier molecular flexibility index (Phi) is 1.28. The summed E-state index contributed by atoms with van der Waals surface area (Å²) in [7, 11) is -5.96. The second kappa shape index (κ2) is 1.34. The van der Waals surface area contributed by atoms with Gasteiger partial charge in [-0.2, -0.15) is 0 Å². The summed E-state index contributed by atoms with van der Waals surface area (Å²) in [5, 5.41) is 9.33. The van der Waals surface area contributed by atoms with Crippen molar-refractivity contribution in [1.82, 2.24) is 0 Å². The van der Waals surface area contributed by atoms with Gasteiger partial charge in [0.1, 0.15) is 0 Å². The van der Waals surface area contributed by atoms with Crippen LogP contribution in [-0.4, -0.2) is 19.4 Å². The zero-order valence-electron chi connectivity index (χ0n) is 3.63. The van der Waals surface area contributed by atoms with Crippen LogP contribution in [0.3, 0.4) is 0 Å². The van der Waals surface area contributed by atoms with Crippen LogP contribution in [0.5, 0.6) is 0 Å². The van der Waals surface area contributed by atoms with Crippen LogP contribution in [0.4, 0.5) is 0 Å². The molecular formula is H5N2O5P. The molecule has 0 radical (unpaired) electrons. The van der Waals surface area contributed by atoms with Crippen molar-refractivity contribution in [3.8, 4) is 0 Å². The zero-order chi connectivity index (χ0) is 7.02. The third kappa shape index (κ3) is 2.10. The fourth-order valence-electron chi connectivity index (χ4n) is 0. The van der Waals surface area contributed by atoms with Gasteiger partial charge >= 0.3 is 42.6 Å². The number of hydrogen-bond acceptors (Lipinski definition) is 6. The van der Waals surface area contributed by atoms with Gasteiger partial charge in [0.25, 0.3) is 0 Å². The summed E-state index contributed by atoms with van der Waals surface area (Å²) < 4.78 is -1.72. The van der Waals surface area contributed by atoms with Gasteiger partial charge in [-0.05, 0) is 0 Å². The fourth-order valence-corrected chi connectivity index (χ4v) is 0. The van der Waals surface area contributed by atoms with E-state index in [0.717, 1.165) is 0 Å². The molecule has 8 heteroatoms. The van der Waals surface area contributed by atoms with Crippen molar-refractivity contribution in [2.75, 3.05) is 0 Å². The average Bonchev–Trinajstić information content (AvgIpc) is 1.27. The molecule has 0 saturated carbocycles. The summed E-state index contributed by atoms with van der Waals surface area (Å²) in [6, 6.07) is 0. The molecule has 0 heterocycles. The topological polar surface area (TPSA) is 130 Å². The van der Waals surface area contributed by atoms with Crippen molar-refractivity contribution in [2.24, 2.45) is 5.50 Å². The van der Waals surface area contributed by atoms with E-state index < -0.39 is 12.3 Å². The van der Waals surface area contributed by atoms with Crippen LogP contribution in [0.1, 0.15) is 0 Å². The summed E-state index contributed by atoms with van der Waals surface area (Å²) in [5.41, 5.74) is 4.02. The molecule has 0 aliphatic heterocycles. The Hall–Kier alpha value is -0.330. The molecule has 0 unspecified atom stereocenters. The van der Waals surface area contributed by atoms with Crippen molar-refractivity contribution in [3.63, 3.8) is 0 Å². The predicted octanol–water partition coefficient (Wildman–Crippen LogP) is -1.67. The number of nitro groups is 1. The van der Waals surface area contributed by atoms with Crippen molar-refractivity contribution in [2.45, 2.75) is 0 Å². The molecular weight excluding hydrogens is 139 g/mol. The Bertz CT molecular complexity index is 111. The van der Waals surface area contributed by atoms with Crippen LogP contribution < -0.4 is 5.50 Å². The average molecular weight is 144 g/mol. The minimum absolute atomic E-state index is 1.72. The van der Waals surface area contributed by atoms with Crippen LogP contribution in [-0.2, 0) is 0 Å². The van der Waals surface area contributed by atoms with Gasteiger partial charge in [0.05, 0.1) is 0 Å². The number of nitrogens with two attached hydrogens (primary N) is 1. The van der Waals surface area contributed by atoms with Gasteiger partial charge in [-0.15, -0.1) is 0 Å². The zero-order valence-corrected chi connectivity index (χ0v) is 4.52. The molecule has 0 amide bonds.